The van der Waals surface area contributed by atoms with E-state index in [1.54, 1.807) is 6.26 Å². The van der Waals surface area contributed by atoms with Crippen molar-refractivity contribution in [3.63, 3.8) is 0 Å². The highest BCUT2D eigenvalue weighted by molar-refractivity contribution is 5.49. The Balaban J connectivity index is 1.66. The van der Waals surface area contributed by atoms with Gasteiger partial charge in [-0.05, 0) is 44.6 Å². The normalized spacial score (nSPS) is 16.9. The van der Waals surface area contributed by atoms with E-state index in [2.05, 4.69) is 22.3 Å². The molecule has 0 atom stereocenters. The van der Waals surface area contributed by atoms with Crippen molar-refractivity contribution >= 4 is 0 Å². The van der Waals surface area contributed by atoms with Gasteiger partial charge in [-0.15, -0.1) is 0 Å². The molecule has 0 bridgehead atoms. The second kappa shape index (κ2) is 6.24. The van der Waals surface area contributed by atoms with Crippen LogP contribution in [0.2, 0.25) is 0 Å². The van der Waals surface area contributed by atoms with E-state index in [9.17, 15) is 0 Å². The largest absolute Gasteiger partial charge is 0.461 e. The molecule has 0 aliphatic carbocycles. The van der Waals surface area contributed by atoms with E-state index in [-0.39, 0.29) is 0 Å². The summed E-state index contributed by atoms with van der Waals surface area (Å²) in [5, 5.41) is 7.57. The monoisotopic (exact) mass is 275 g/mol. The number of piperidine rings is 1. The van der Waals surface area contributed by atoms with E-state index in [1.807, 2.05) is 18.2 Å². The topological polar surface area (TPSA) is 54.4 Å². The van der Waals surface area contributed by atoms with Crippen LogP contribution in [0, 0.1) is 0 Å². The van der Waals surface area contributed by atoms with Crippen molar-refractivity contribution in [3.8, 4) is 11.5 Å². The summed E-state index contributed by atoms with van der Waals surface area (Å²) in [7, 11) is 0. The van der Waals surface area contributed by atoms with Crippen LogP contribution in [0.4, 0.5) is 0 Å². The third-order valence-electron chi connectivity index (χ3n) is 3.92. The smallest absolute Gasteiger partial charge is 0.202 e. The number of nitrogens with zero attached hydrogens (tertiary/aromatic N) is 2. The van der Waals surface area contributed by atoms with Crippen molar-refractivity contribution in [2.75, 3.05) is 19.6 Å². The molecule has 0 amide bonds. The van der Waals surface area contributed by atoms with Gasteiger partial charge in [0.2, 0.25) is 5.76 Å². The summed E-state index contributed by atoms with van der Waals surface area (Å²) in [5.74, 6) is 1.43. The molecule has 0 aromatic carbocycles. The van der Waals surface area contributed by atoms with E-state index >= 15 is 0 Å². The molecule has 1 aliphatic heterocycles. The van der Waals surface area contributed by atoms with Gasteiger partial charge in [0.1, 0.15) is 0 Å². The summed E-state index contributed by atoms with van der Waals surface area (Å²) in [5.41, 5.74) is 0.969. The molecule has 5 nitrogen and oxygen atoms in total. The number of hydrogen-bond acceptors (Lipinski definition) is 5. The first-order valence-corrected chi connectivity index (χ1v) is 7.31. The lowest BCUT2D eigenvalue weighted by molar-refractivity contribution is 0.158. The first-order chi connectivity index (χ1) is 9.86. The second-order valence-electron chi connectivity index (χ2n) is 5.20. The first-order valence-electron chi connectivity index (χ1n) is 7.31. The van der Waals surface area contributed by atoms with E-state index in [1.165, 1.54) is 12.8 Å². The molecule has 1 saturated heterocycles. The van der Waals surface area contributed by atoms with Gasteiger partial charge in [0.05, 0.1) is 12.0 Å². The molecule has 3 rings (SSSR count). The average molecular weight is 275 g/mol. The molecular formula is C15H21N3O2. The lowest BCUT2D eigenvalue weighted by Crippen LogP contribution is -2.42. The molecule has 0 unspecified atom stereocenters. The molecule has 0 radical (unpaired) electrons. The highest BCUT2D eigenvalue weighted by Crippen LogP contribution is 2.22. The van der Waals surface area contributed by atoms with Crippen LogP contribution in [0.3, 0.4) is 0 Å². The van der Waals surface area contributed by atoms with Gasteiger partial charge in [-0.25, -0.2) is 0 Å². The van der Waals surface area contributed by atoms with Crippen LogP contribution in [-0.4, -0.2) is 35.7 Å². The van der Waals surface area contributed by atoms with Crippen molar-refractivity contribution < 1.29 is 8.94 Å². The molecule has 2 aromatic heterocycles. The van der Waals surface area contributed by atoms with Gasteiger partial charge < -0.3 is 14.3 Å². The second-order valence-corrected chi connectivity index (χ2v) is 5.20. The van der Waals surface area contributed by atoms with E-state index in [0.29, 0.717) is 11.8 Å². The quantitative estimate of drug-likeness (QED) is 0.908. The fraction of sp³-hybridized carbons (Fsp3) is 0.533. The zero-order chi connectivity index (χ0) is 13.8. The molecular weight excluding hydrogens is 254 g/mol. The fourth-order valence-corrected chi connectivity index (χ4v) is 2.80. The zero-order valence-electron chi connectivity index (χ0n) is 11.8. The van der Waals surface area contributed by atoms with Crippen molar-refractivity contribution in [2.45, 2.75) is 32.4 Å². The van der Waals surface area contributed by atoms with Gasteiger partial charge in [-0.2, -0.15) is 0 Å². The summed E-state index contributed by atoms with van der Waals surface area (Å²) < 4.78 is 10.7. The number of nitrogens with one attached hydrogen (secondary N) is 1. The Morgan fingerprint density at radius 3 is 2.90 bits per heavy atom. The molecule has 20 heavy (non-hydrogen) atoms. The first kappa shape index (κ1) is 13.4. The van der Waals surface area contributed by atoms with Crippen LogP contribution >= 0.6 is 0 Å². The molecule has 1 N–H and O–H groups in total. The Hall–Kier alpha value is -1.59. The highest BCUT2D eigenvalue weighted by atomic mass is 16.5. The SMILES string of the molecule is CCN(Cc1cc(-c2ccco2)on1)C1CCNCC1. The molecule has 108 valence electrons. The van der Waals surface area contributed by atoms with Gasteiger partial charge in [-0.3, -0.25) is 4.90 Å². The molecule has 1 aliphatic rings. The molecule has 0 spiro atoms. The maximum Gasteiger partial charge on any atom is 0.202 e. The maximum absolute atomic E-state index is 5.36. The van der Waals surface area contributed by atoms with Crippen LogP contribution in [0.15, 0.2) is 33.4 Å². The number of aromatic nitrogens is 1. The highest BCUT2D eigenvalue weighted by Gasteiger charge is 2.21. The number of rotatable bonds is 5. The van der Waals surface area contributed by atoms with Gasteiger partial charge in [-0.1, -0.05) is 12.1 Å². The average Bonchev–Trinajstić information content (AvgIpc) is 3.16. The van der Waals surface area contributed by atoms with E-state index < -0.39 is 0 Å². The molecule has 0 saturated carbocycles. The lowest BCUT2D eigenvalue weighted by atomic mass is 10.0. The Labute approximate surface area is 118 Å². The summed E-state index contributed by atoms with van der Waals surface area (Å²) in [6.07, 6.45) is 4.05. The van der Waals surface area contributed by atoms with Crippen molar-refractivity contribution in [2.24, 2.45) is 0 Å². The molecule has 1 fully saturated rings. The minimum absolute atomic E-state index is 0.644. The Morgan fingerprint density at radius 1 is 1.35 bits per heavy atom. The van der Waals surface area contributed by atoms with Crippen LogP contribution in [0.1, 0.15) is 25.5 Å². The molecule has 5 heteroatoms. The van der Waals surface area contributed by atoms with Gasteiger partial charge >= 0.3 is 0 Å². The Kier molecular flexibility index (Phi) is 4.18. The molecule has 2 aromatic rings. The standard InChI is InChI=1S/C15H21N3O2/c1-2-18(13-5-7-16-8-6-13)11-12-10-15(20-17-12)14-4-3-9-19-14/h3-4,9-10,13,16H,2,5-8,11H2,1H3. The number of furan rings is 1. The Bertz CT molecular complexity index is 515. The Morgan fingerprint density at radius 2 is 2.20 bits per heavy atom. The van der Waals surface area contributed by atoms with E-state index in [4.69, 9.17) is 8.94 Å². The summed E-state index contributed by atoms with van der Waals surface area (Å²) in [6, 6.07) is 6.35. The van der Waals surface area contributed by atoms with Crippen molar-refractivity contribution in [1.29, 1.82) is 0 Å². The predicted octanol–water partition coefficient (Wildman–Crippen LogP) is 2.51. The summed E-state index contributed by atoms with van der Waals surface area (Å²) in [4.78, 5) is 2.48. The van der Waals surface area contributed by atoms with Gasteiger partial charge in [0, 0.05) is 18.7 Å². The minimum atomic E-state index is 0.644. The van der Waals surface area contributed by atoms with Crippen molar-refractivity contribution in [3.05, 3.63) is 30.2 Å². The van der Waals surface area contributed by atoms with Crippen molar-refractivity contribution in [1.82, 2.24) is 15.4 Å². The van der Waals surface area contributed by atoms with Gasteiger partial charge in [0.25, 0.3) is 0 Å². The maximum atomic E-state index is 5.36. The summed E-state index contributed by atoms with van der Waals surface area (Å²) >= 11 is 0. The van der Waals surface area contributed by atoms with E-state index in [0.717, 1.165) is 37.6 Å². The minimum Gasteiger partial charge on any atom is -0.461 e. The lowest BCUT2D eigenvalue weighted by Gasteiger charge is -2.33. The zero-order valence-corrected chi connectivity index (χ0v) is 11.8. The molecule has 3 heterocycles. The van der Waals surface area contributed by atoms with Crippen LogP contribution in [0.25, 0.3) is 11.5 Å². The van der Waals surface area contributed by atoms with Gasteiger partial charge in [0.15, 0.2) is 5.76 Å². The van der Waals surface area contributed by atoms with Crippen LogP contribution < -0.4 is 5.32 Å². The predicted molar refractivity (Wildman–Crippen MR) is 76.2 cm³/mol. The third kappa shape index (κ3) is 2.94. The third-order valence-corrected chi connectivity index (χ3v) is 3.92. The summed E-state index contributed by atoms with van der Waals surface area (Å²) in [6.45, 7) is 6.30. The fourth-order valence-electron chi connectivity index (χ4n) is 2.80. The van der Waals surface area contributed by atoms with Crippen LogP contribution in [-0.2, 0) is 6.54 Å². The van der Waals surface area contributed by atoms with Crippen LogP contribution in [0.5, 0.6) is 0 Å². The number of hydrogen-bond donors (Lipinski definition) is 1.